The lowest BCUT2D eigenvalue weighted by atomic mass is 9.88. The molecule has 0 saturated carbocycles. The Morgan fingerprint density at radius 2 is 1.35 bits per heavy atom. The van der Waals surface area contributed by atoms with E-state index in [0.717, 1.165) is 12.2 Å². The number of aliphatic hydroxyl groups is 3. The maximum atomic E-state index is 10.2. The van der Waals surface area contributed by atoms with Crippen LogP contribution in [0.4, 0.5) is 0 Å². The summed E-state index contributed by atoms with van der Waals surface area (Å²) < 4.78 is 0. The molecule has 0 aromatic carbocycles. The molecule has 0 aromatic rings. The zero-order valence-corrected chi connectivity index (χ0v) is 11.3. The van der Waals surface area contributed by atoms with E-state index in [-0.39, 0.29) is 19.8 Å². The number of hydrogen-bond acceptors (Lipinski definition) is 8. The van der Waals surface area contributed by atoms with Gasteiger partial charge in [-0.2, -0.15) is 0 Å². The normalized spacial score (nSPS) is 9.80. The third-order valence-electron chi connectivity index (χ3n) is 2.32. The second-order valence-electron chi connectivity index (χ2n) is 3.61. The van der Waals surface area contributed by atoms with Crippen LogP contribution < -0.4 is 0 Å². The summed E-state index contributed by atoms with van der Waals surface area (Å²) in [6.45, 7) is 7.48. The Morgan fingerprint density at radius 3 is 1.50 bits per heavy atom. The summed E-state index contributed by atoms with van der Waals surface area (Å²) in [6, 6.07) is 0. The molecule has 0 aliphatic carbocycles. The Balaban J connectivity index is 0. The lowest BCUT2D eigenvalue weighted by Gasteiger charge is -2.24. The van der Waals surface area contributed by atoms with Crippen molar-refractivity contribution in [2.75, 3.05) is 19.8 Å². The minimum Gasteiger partial charge on any atom is -0.396 e. The van der Waals surface area contributed by atoms with Crippen LogP contribution in [-0.2, 0) is 24.4 Å². The first-order chi connectivity index (χ1) is 9.44. The maximum absolute atomic E-state index is 10.2. The van der Waals surface area contributed by atoms with E-state index in [4.69, 9.17) is 15.3 Å². The van der Waals surface area contributed by atoms with Crippen molar-refractivity contribution in [3.63, 3.8) is 0 Å². The summed E-state index contributed by atoms with van der Waals surface area (Å²) in [6.07, 6.45) is 2.29. The highest BCUT2D eigenvalue weighted by Gasteiger charge is 2.24. The fraction of sp³-hybridized carbons (Fsp3) is 0.500. The first-order valence-corrected chi connectivity index (χ1v) is 5.61. The van der Waals surface area contributed by atoms with Gasteiger partial charge in [-0.25, -0.2) is 9.59 Å². The van der Waals surface area contributed by atoms with Crippen LogP contribution in [0.15, 0.2) is 25.3 Å². The molecule has 0 atom stereocenters. The number of carbonyl (C=O) groups excluding carboxylic acids is 2. The molecule has 0 bridgehead atoms. The van der Waals surface area contributed by atoms with Gasteiger partial charge in [0, 0.05) is 22.6 Å². The molecule has 0 aliphatic heterocycles. The molecule has 0 heterocycles. The van der Waals surface area contributed by atoms with Crippen LogP contribution in [-0.4, -0.2) is 47.1 Å². The first-order valence-electron chi connectivity index (χ1n) is 5.61. The van der Waals surface area contributed by atoms with Gasteiger partial charge in [-0.05, 0) is 6.42 Å². The zero-order valence-electron chi connectivity index (χ0n) is 11.3. The smallest absolute Gasteiger partial charge is 0.369 e. The molecule has 8 heteroatoms. The second-order valence-corrected chi connectivity index (χ2v) is 3.61. The van der Waals surface area contributed by atoms with E-state index in [1.807, 2.05) is 6.92 Å². The van der Waals surface area contributed by atoms with Crippen molar-refractivity contribution in [1.29, 1.82) is 0 Å². The van der Waals surface area contributed by atoms with E-state index in [9.17, 15) is 9.59 Å². The Labute approximate surface area is 116 Å². The third-order valence-corrected chi connectivity index (χ3v) is 2.32. The van der Waals surface area contributed by atoms with Crippen molar-refractivity contribution >= 4 is 11.9 Å². The molecular formula is C12H20O8. The average molecular weight is 292 g/mol. The summed E-state index contributed by atoms with van der Waals surface area (Å²) in [5, 5.41) is 29.7. The fourth-order valence-corrected chi connectivity index (χ4v) is 0.638. The van der Waals surface area contributed by atoms with Gasteiger partial charge in [0.15, 0.2) is 0 Å². The molecule has 0 aromatic heterocycles. The van der Waals surface area contributed by atoms with Gasteiger partial charge in [-0.15, -0.1) is 0 Å². The topological polar surface area (TPSA) is 123 Å². The molecule has 3 N–H and O–H groups in total. The molecule has 8 nitrogen and oxygen atoms in total. The quantitative estimate of drug-likeness (QED) is 0.315. The Bertz CT molecular complexity index is 271. The summed E-state index contributed by atoms with van der Waals surface area (Å²) in [5.41, 5.74) is -0.667. The van der Waals surface area contributed by atoms with Gasteiger partial charge in [0.1, 0.15) is 0 Å². The van der Waals surface area contributed by atoms with Crippen LogP contribution in [0.25, 0.3) is 0 Å². The van der Waals surface area contributed by atoms with E-state index in [2.05, 4.69) is 28.0 Å². The van der Waals surface area contributed by atoms with E-state index in [1.54, 1.807) is 0 Å². The second kappa shape index (κ2) is 12.3. The van der Waals surface area contributed by atoms with Gasteiger partial charge in [0.2, 0.25) is 0 Å². The molecular weight excluding hydrogens is 272 g/mol. The summed E-state index contributed by atoms with van der Waals surface area (Å²) in [4.78, 5) is 28.0. The molecule has 0 rings (SSSR count). The highest BCUT2D eigenvalue weighted by atomic mass is 17.5. The van der Waals surface area contributed by atoms with Crippen molar-refractivity contribution in [3.8, 4) is 0 Å². The van der Waals surface area contributed by atoms with Crippen molar-refractivity contribution in [1.82, 2.24) is 0 Å². The van der Waals surface area contributed by atoms with Crippen LogP contribution in [0.2, 0.25) is 0 Å². The molecule has 0 fully saturated rings. The molecule has 0 unspecified atom stereocenters. The van der Waals surface area contributed by atoms with Gasteiger partial charge in [0.25, 0.3) is 0 Å². The van der Waals surface area contributed by atoms with Crippen molar-refractivity contribution < 1.29 is 39.7 Å². The van der Waals surface area contributed by atoms with E-state index < -0.39 is 17.4 Å². The average Bonchev–Trinajstić information content (AvgIpc) is 2.50. The SMILES string of the molecule is C=CC(=O)OOOC(=O)C=C.CCC(CO)(CO)CO. The van der Waals surface area contributed by atoms with Crippen molar-refractivity contribution in [2.24, 2.45) is 5.41 Å². The molecule has 0 spiro atoms. The number of carbonyl (C=O) groups is 2. The lowest BCUT2D eigenvalue weighted by molar-refractivity contribution is -0.455. The molecule has 0 saturated heterocycles. The van der Waals surface area contributed by atoms with E-state index in [1.165, 1.54) is 0 Å². The number of rotatable bonds is 8. The summed E-state index contributed by atoms with van der Waals surface area (Å²) in [5.74, 6) is -1.72. The van der Waals surface area contributed by atoms with E-state index in [0.29, 0.717) is 6.42 Å². The Hall–Kier alpha value is -1.74. The minimum absolute atomic E-state index is 0.156. The summed E-state index contributed by atoms with van der Waals surface area (Å²) >= 11 is 0. The predicted molar refractivity (Wildman–Crippen MR) is 67.6 cm³/mol. The van der Waals surface area contributed by atoms with Crippen LogP contribution in [0.3, 0.4) is 0 Å². The molecule has 116 valence electrons. The Morgan fingerprint density at radius 1 is 1.00 bits per heavy atom. The zero-order chi connectivity index (χ0) is 16.0. The molecule has 0 amide bonds. The number of hydrogen-bond donors (Lipinski definition) is 3. The minimum atomic E-state index is -0.859. The molecule has 20 heavy (non-hydrogen) atoms. The van der Waals surface area contributed by atoms with Crippen LogP contribution >= 0.6 is 0 Å². The van der Waals surface area contributed by atoms with Crippen molar-refractivity contribution in [3.05, 3.63) is 25.3 Å². The van der Waals surface area contributed by atoms with Gasteiger partial charge < -0.3 is 15.3 Å². The molecule has 0 aliphatic rings. The highest BCUT2D eigenvalue weighted by Crippen LogP contribution is 2.18. The van der Waals surface area contributed by atoms with Crippen LogP contribution in [0.5, 0.6) is 0 Å². The predicted octanol–water partition coefficient (Wildman–Crippen LogP) is -0.349. The van der Waals surface area contributed by atoms with Crippen molar-refractivity contribution in [2.45, 2.75) is 13.3 Å². The van der Waals surface area contributed by atoms with Gasteiger partial charge >= 0.3 is 11.9 Å². The number of aliphatic hydroxyl groups excluding tert-OH is 3. The van der Waals surface area contributed by atoms with Gasteiger partial charge in [-0.3, -0.25) is 9.78 Å². The fourth-order valence-electron chi connectivity index (χ4n) is 0.638. The third kappa shape index (κ3) is 9.22. The lowest BCUT2D eigenvalue weighted by Crippen LogP contribution is -2.32. The largest absolute Gasteiger partial charge is 0.396 e. The monoisotopic (exact) mass is 292 g/mol. The van der Waals surface area contributed by atoms with Gasteiger partial charge in [-0.1, -0.05) is 20.1 Å². The first kappa shape index (κ1) is 20.6. The van der Waals surface area contributed by atoms with Crippen LogP contribution in [0.1, 0.15) is 13.3 Å². The molecule has 0 radical (unpaired) electrons. The van der Waals surface area contributed by atoms with Gasteiger partial charge in [0.05, 0.1) is 19.8 Å². The van der Waals surface area contributed by atoms with Crippen LogP contribution in [0, 0.1) is 5.41 Å². The van der Waals surface area contributed by atoms with E-state index >= 15 is 0 Å². The Kier molecular flexibility index (Phi) is 12.7. The summed E-state index contributed by atoms with van der Waals surface area (Å²) in [7, 11) is 0. The highest BCUT2D eigenvalue weighted by molar-refractivity contribution is 5.81. The standard InChI is InChI=1S/C6H6O5.C6H14O3/c1-3-5(7)9-11-10-6(8)4-2;1-2-6(3-7,4-8)5-9/h3-4H,1-2H2;7-9H,2-5H2,1H3. The maximum Gasteiger partial charge on any atom is 0.369 e.